The Balaban J connectivity index is 2.22. The molecule has 1 atom stereocenters. The molecule has 19 heavy (non-hydrogen) atoms. The molecule has 2 aliphatic heterocycles. The van der Waals surface area contributed by atoms with Gasteiger partial charge in [-0.15, -0.1) is 0 Å². The Morgan fingerprint density at radius 1 is 1.53 bits per heavy atom. The molecule has 0 aliphatic carbocycles. The van der Waals surface area contributed by atoms with E-state index in [4.69, 9.17) is 9.47 Å². The number of hydrogen-bond donors (Lipinski definition) is 0. The molecular formula is C11H11N3O4S. The number of carbonyl (C=O) groups excluding carboxylic acids is 2. The van der Waals surface area contributed by atoms with Gasteiger partial charge in [-0.05, 0) is 0 Å². The second-order valence-corrected chi connectivity index (χ2v) is 5.12. The van der Waals surface area contributed by atoms with Crippen molar-refractivity contribution in [2.45, 2.75) is 24.1 Å². The topological polar surface area (TPSA) is 81.6 Å². The SMILES string of the molecule is CCC12CSc3ncnc(OC)c3N1C(=O)C(=O)O2. The highest BCUT2D eigenvalue weighted by atomic mass is 32.2. The molecule has 8 heteroatoms. The number of rotatable bonds is 2. The van der Waals surface area contributed by atoms with Gasteiger partial charge in [-0.3, -0.25) is 9.69 Å². The predicted molar refractivity (Wildman–Crippen MR) is 65.9 cm³/mol. The van der Waals surface area contributed by atoms with E-state index in [2.05, 4.69) is 9.97 Å². The zero-order valence-corrected chi connectivity index (χ0v) is 11.2. The summed E-state index contributed by atoms with van der Waals surface area (Å²) in [5.41, 5.74) is -0.539. The first-order valence-electron chi connectivity index (χ1n) is 5.72. The van der Waals surface area contributed by atoms with Gasteiger partial charge in [-0.1, -0.05) is 18.7 Å². The van der Waals surface area contributed by atoms with Crippen LogP contribution in [-0.4, -0.2) is 40.4 Å². The summed E-state index contributed by atoms with van der Waals surface area (Å²) in [6, 6.07) is 0. The molecule has 3 heterocycles. The third kappa shape index (κ3) is 1.52. The van der Waals surface area contributed by atoms with E-state index in [1.807, 2.05) is 6.92 Å². The maximum atomic E-state index is 12.1. The van der Waals surface area contributed by atoms with Gasteiger partial charge in [-0.2, -0.15) is 4.98 Å². The number of hydrogen-bond acceptors (Lipinski definition) is 7. The van der Waals surface area contributed by atoms with Crippen LogP contribution >= 0.6 is 11.8 Å². The summed E-state index contributed by atoms with van der Waals surface area (Å²) in [4.78, 5) is 33.1. The van der Waals surface area contributed by atoms with Gasteiger partial charge >= 0.3 is 11.9 Å². The lowest BCUT2D eigenvalue weighted by Gasteiger charge is -2.38. The van der Waals surface area contributed by atoms with E-state index in [0.717, 1.165) is 0 Å². The summed E-state index contributed by atoms with van der Waals surface area (Å²) < 4.78 is 10.4. The fourth-order valence-electron chi connectivity index (χ4n) is 2.24. The minimum atomic E-state index is -0.955. The number of ether oxygens (including phenoxy) is 2. The number of methoxy groups -OCH3 is 1. The van der Waals surface area contributed by atoms with E-state index in [9.17, 15) is 9.59 Å². The van der Waals surface area contributed by atoms with Gasteiger partial charge in [0, 0.05) is 6.42 Å². The summed E-state index contributed by atoms with van der Waals surface area (Å²) in [6.45, 7) is 1.86. The Morgan fingerprint density at radius 2 is 2.32 bits per heavy atom. The molecule has 0 N–H and O–H groups in total. The number of fused-ring (bicyclic) bond motifs is 3. The molecule has 2 aliphatic rings. The quantitative estimate of drug-likeness (QED) is 0.445. The maximum absolute atomic E-state index is 12.1. The van der Waals surface area contributed by atoms with Crippen molar-refractivity contribution in [1.29, 1.82) is 0 Å². The van der Waals surface area contributed by atoms with Crippen LogP contribution in [0.15, 0.2) is 11.4 Å². The number of nitrogens with zero attached hydrogens (tertiary/aromatic N) is 3. The molecule has 3 rings (SSSR count). The minimum absolute atomic E-state index is 0.265. The first-order chi connectivity index (χ1) is 9.13. The third-order valence-corrected chi connectivity index (χ3v) is 4.39. The van der Waals surface area contributed by atoms with Crippen LogP contribution in [0.4, 0.5) is 5.69 Å². The Bertz CT molecular complexity index is 565. The summed E-state index contributed by atoms with van der Waals surface area (Å²) in [7, 11) is 1.46. The van der Waals surface area contributed by atoms with Crippen molar-refractivity contribution in [3.63, 3.8) is 0 Å². The van der Waals surface area contributed by atoms with Crippen molar-refractivity contribution < 1.29 is 19.1 Å². The van der Waals surface area contributed by atoms with E-state index in [1.165, 1.54) is 30.1 Å². The Labute approximate surface area is 113 Å². The first-order valence-corrected chi connectivity index (χ1v) is 6.71. The smallest absolute Gasteiger partial charge is 0.399 e. The van der Waals surface area contributed by atoms with Crippen LogP contribution in [0.5, 0.6) is 5.88 Å². The van der Waals surface area contributed by atoms with Crippen molar-refractivity contribution in [3.8, 4) is 5.88 Å². The summed E-state index contributed by atoms with van der Waals surface area (Å²) >= 11 is 1.42. The molecule has 0 spiro atoms. The van der Waals surface area contributed by atoms with E-state index in [-0.39, 0.29) is 5.88 Å². The van der Waals surface area contributed by atoms with Gasteiger partial charge in [0.05, 0.1) is 12.9 Å². The van der Waals surface area contributed by atoms with Crippen LogP contribution in [0.2, 0.25) is 0 Å². The Hall–Kier alpha value is -1.83. The maximum Gasteiger partial charge on any atom is 0.399 e. The van der Waals surface area contributed by atoms with Crippen molar-refractivity contribution in [2.75, 3.05) is 17.8 Å². The molecule has 1 amide bonds. The highest BCUT2D eigenvalue weighted by Gasteiger charge is 2.56. The lowest BCUT2D eigenvalue weighted by atomic mass is 10.1. The van der Waals surface area contributed by atoms with Crippen LogP contribution in [0, 0.1) is 0 Å². The molecule has 0 bridgehead atoms. The lowest BCUT2D eigenvalue weighted by Crippen LogP contribution is -2.51. The number of anilines is 1. The average molecular weight is 281 g/mol. The van der Waals surface area contributed by atoms with Crippen molar-refractivity contribution >= 4 is 29.3 Å². The molecule has 0 radical (unpaired) electrons. The molecule has 7 nitrogen and oxygen atoms in total. The van der Waals surface area contributed by atoms with Gasteiger partial charge in [-0.25, -0.2) is 9.78 Å². The standard InChI is InChI=1S/C11H11N3O4S/c1-3-11-4-19-8-6(7(17-2)12-5-13-8)14(11)9(15)10(16)18-11/h5H,3-4H2,1-2H3. The highest BCUT2D eigenvalue weighted by Crippen LogP contribution is 2.48. The summed E-state index contributed by atoms with van der Waals surface area (Å²) in [6.07, 6.45) is 1.86. The highest BCUT2D eigenvalue weighted by molar-refractivity contribution is 7.99. The average Bonchev–Trinajstić information content (AvgIpc) is 2.70. The Kier molecular flexibility index (Phi) is 2.63. The number of esters is 1. The summed E-state index contributed by atoms with van der Waals surface area (Å²) in [5.74, 6) is -0.826. The van der Waals surface area contributed by atoms with Gasteiger partial charge in [0.25, 0.3) is 0 Å². The molecule has 0 saturated carbocycles. The normalized spacial score (nSPS) is 24.8. The fourth-order valence-corrected chi connectivity index (χ4v) is 3.44. The second kappa shape index (κ2) is 4.09. The van der Waals surface area contributed by atoms with Gasteiger partial charge in [0.1, 0.15) is 17.0 Å². The molecule has 1 fully saturated rings. The van der Waals surface area contributed by atoms with Crippen molar-refractivity contribution in [3.05, 3.63) is 6.33 Å². The molecule has 100 valence electrons. The molecule has 1 aromatic rings. The number of thioether (sulfide) groups is 1. The van der Waals surface area contributed by atoms with Crippen molar-refractivity contribution in [2.24, 2.45) is 0 Å². The molecule has 1 saturated heterocycles. The molecular weight excluding hydrogens is 270 g/mol. The monoisotopic (exact) mass is 281 g/mol. The zero-order valence-electron chi connectivity index (χ0n) is 10.4. The second-order valence-electron chi connectivity index (χ2n) is 4.16. The van der Waals surface area contributed by atoms with Crippen LogP contribution < -0.4 is 9.64 Å². The largest absolute Gasteiger partial charge is 0.479 e. The van der Waals surface area contributed by atoms with Crippen molar-refractivity contribution in [1.82, 2.24) is 9.97 Å². The van der Waals surface area contributed by atoms with Crippen LogP contribution in [-0.2, 0) is 14.3 Å². The van der Waals surface area contributed by atoms with E-state index in [1.54, 1.807) is 0 Å². The van der Waals surface area contributed by atoms with Crippen LogP contribution in [0.3, 0.4) is 0 Å². The zero-order chi connectivity index (χ0) is 13.6. The summed E-state index contributed by atoms with van der Waals surface area (Å²) in [5, 5.41) is 0.613. The Morgan fingerprint density at radius 3 is 3.00 bits per heavy atom. The van der Waals surface area contributed by atoms with E-state index in [0.29, 0.717) is 22.9 Å². The van der Waals surface area contributed by atoms with Crippen LogP contribution in [0.25, 0.3) is 0 Å². The number of amides is 1. The molecule has 1 unspecified atom stereocenters. The predicted octanol–water partition coefficient (Wildman–Crippen LogP) is 0.587. The van der Waals surface area contributed by atoms with E-state index >= 15 is 0 Å². The lowest BCUT2D eigenvalue weighted by molar-refractivity contribution is -0.152. The van der Waals surface area contributed by atoms with E-state index < -0.39 is 17.6 Å². The van der Waals surface area contributed by atoms with Gasteiger partial charge in [0.15, 0.2) is 0 Å². The minimum Gasteiger partial charge on any atom is -0.479 e. The molecule has 1 aromatic heterocycles. The number of carbonyl (C=O) groups is 2. The van der Waals surface area contributed by atoms with Gasteiger partial charge in [0.2, 0.25) is 11.6 Å². The fraction of sp³-hybridized carbons (Fsp3) is 0.455. The third-order valence-electron chi connectivity index (χ3n) is 3.23. The first kappa shape index (κ1) is 12.2. The van der Waals surface area contributed by atoms with Crippen LogP contribution in [0.1, 0.15) is 13.3 Å². The molecule has 0 aromatic carbocycles. The number of aromatic nitrogens is 2. The van der Waals surface area contributed by atoms with Gasteiger partial charge < -0.3 is 9.47 Å².